The maximum atomic E-state index is 15.2. The van der Waals surface area contributed by atoms with E-state index in [4.69, 9.17) is 16.2 Å². The molecule has 0 radical (unpaired) electrons. The van der Waals surface area contributed by atoms with Crippen molar-refractivity contribution in [1.29, 1.82) is 0 Å². The lowest BCUT2D eigenvalue weighted by atomic mass is 10.0. The Morgan fingerprint density at radius 2 is 2.07 bits per heavy atom. The average Bonchev–Trinajstić information content (AvgIpc) is 3.05. The Balaban J connectivity index is 0.00000210. The van der Waals surface area contributed by atoms with Gasteiger partial charge in [0, 0.05) is 19.1 Å². The number of nitrogen functional groups attached to an aromatic ring is 1. The number of hydrogen-bond acceptors (Lipinski definition) is 6. The average molecular weight is 400 g/mol. The summed E-state index contributed by atoms with van der Waals surface area (Å²) in [5, 5.41) is -0.0460. The molecule has 0 spiro atoms. The summed E-state index contributed by atoms with van der Waals surface area (Å²) in [5.74, 6) is -0.260. The second kappa shape index (κ2) is 6.72. The van der Waals surface area contributed by atoms with Crippen LogP contribution in [0.1, 0.15) is 26.3 Å². The van der Waals surface area contributed by atoms with E-state index >= 15 is 4.39 Å². The maximum Gasteiger partial charge on any atom is 0.329 e. The number of rotatable bonds is 2. The van der Waals surface area contributed by atoms with Gasteiger partial charge < -0.3 is 21.1 Å². The zero-order chi connectivity index (χ0) is 18.7. The van der Waals surface area contributed by atoms with Crippen molar-refractivity contribution in [2.45, 2.75) is 32.4 Å². The summed E-state index contributed by atoms with van der Waals surface area (Å²) in [7, 11) is 0. The lowest BCUT2D eigenvalue weighted by molar-refractivity contribution is 0.242. The predicted octanol–water partition coefficient (Wildman–Crippen LogP) is 0.960. The molecule has 3 heterocycles. The lowest BCUT2D eigenvalue weighted by Gasteiger charge is -2.31. The number of aromatic amines is 1. The monoisotopic (exact) mass is 399 g/mol. The summed E-state index contributed by atoms with van der Waals surface area (Å²) in [6.07, 6.45) is 0.826. The highest BCUT2D eigenvalue weighted by Gasteiger charge is 2.35. The highest BCUT2D eigenvalue weighted by atomic mass is 35.5. The maximum absolute atomic E-state index is 15.2. The number of aromatic nitrogens is 2. The SMILES string of the molecule is CC1COc2c(N3CC[C@H]([C@@H](C)N)C3)c(F)c(N)c3c(=O)[nH]c(=O)n1c23.Cl. The summed E-state index contributed by atoms with van der Waals surface area (Å²) >= 11 is 0. The molecule has 5 N–H and O–H groups in total. The second-order valence-corrected chi connectivity index (χ2v) is 7.27. The van der Waals surface area contributed by atoms with Crippen LogP contribution in [0.4, 0.5) is 15.8 Å². The largest absolute Gasteiger partial charge is 0.487 e. The normalized spacial score (nSPS) is 22.4. The van der Waals surface area contributed by atoms with Crippen LogP contribution in [-0.2, 0) is 0 Å². The molecule has 1 aromatic heterocycles. The quantitative estimate of drug-likeness (QED) is 0.647. The van der Waals surface area contributed by atoms with Crippen LogP contribution in [0, 0.1) is 11.7 Å². The van der Waals surface area contributed by atoms with Gasteiger partial charge in [-0.1, -0.05) is 0 Å². The minimum atomic E-state index is -0.710. The van der Waals surface area contributed by atoms with Crippen molar-refractivity contribution in [3.05, 3.63) is 26.7 Å². The third-order valence-corrected chi connectivity index (χ3v) is 5.48. The predicted molar refractivity (Wildman–Crippen MR) is 105 cm³/mol. The standard InChI is InChI=1S/C17H22FN5O3.ClH/c1-7-6-26-15-13-10(16(24)21-17(25)23(7)13)12(20)11(18)14(15)22-4-3-9(5-22)8(2)19;/h7-9H,3-6,19-20H2,1-2H3,(H,21,24,25);1H/t7?,8-,9+;/m1./s1. The minimum Gasteiger partial charge on any atom is -0.487 e. The van der Waals surface area contributed by atoms with E-state index in [9.17, 15) is 9.59 Å². The molecule has 1 aromatic carbocycles. The van der Waals surface area contributed by atoms with Crippen molar-refractivity contribution in [2.75, 3.05) is 30.3 Å². The van der Waals surface area contributed by atoms with E-state index in [0.29, 0.717) is 13.1 Å². The first-order valence-corrected chi connectivity index (χ1v) is 8.74. The summed E-state index contributed by atoms with van der Waals surface area (Å²) in [6.45, 7) is 5.10. The number of H-pyrrole nitrogens is 1. The van der Waals surface area contributed by atoms with Crippen molar-refractivity contribution < 1.29 is 9.13 Å². The van der Waals surface area contributed by atoms with Crippen LogP contribution >= 0.6 is 12.4 Å². The minimum absolute atomic E-state index is 0. The zero-order valence-electron chi connectivity index (χ0n) is 15.1. The van der Waals surface area contributed by atoms with E-state index in [1.54, 1.807) is 6.92 Å². The van der Waals surface area contributed by atoms with Crippen molar-refractivity contribution in [2.24, 2.45) is 11.7 Å². The molecule has 1 fully saturated rings. The van der Waals surface area contributed by atoms with Gasteiger partial charge in [-0.3, -0.25) is 14.3 Å². The Morgan fingerprint density at radius 1 is 1.37 bits per heavy atom. The fourth-order valence-corrected chi connectivity index (χ4v) is 4.01. The molecule has 148 valence electrons. The van der Waals surface area contributed by atoms with Gasteiger partial charge in [-0.25, -0.2) is 9.18 Å². The molecule has 1 unspecified atom stereocenters. The highest BCUT2D eigenvalue weighted by Crippen LogP contribution is 2.45. The second-order valence-electron chi connectivity index (χ2n) is 7.27. The van der Waals surface area contributed by atoms with Crippen molar-refractivity contribution in [1.82, 2.24) is 9.55 Å². The Kier molecular flexibility index (Phi) is 4.85. The number of nitrogens with zero attached hydrogens (tertiary/aromatic N) is 2. The Morgan fingerprint density at radius 3 is 2.70 bits per heavy atom. The fourth-order valence-electron chi connectivity index (χ4n) is 4.01. The first kappa shape index (κ1) is 19.5. The molecule has 0 amide bonds. The summed E-state index contributed by atoms with van der Waals surface area (Å²) in [5.41, 5.74) is 10.9. The van der Waals surface area contributed by atoms with Gasteiger partial charge in [-0.15, -0.1) is 12.4 Å². The molecule has 10 heteroatoms. The number of nitrogens with two attached hydrogens (primary N) is 2. The van der Waals surface area contributed by atoms with Crippen LogP contribution < -0.4 is 32.4 Å². The first-order chi connectivity index (χ1) is 12.3. The Labute approximate surface area is 160 Å². The summed E-state index contributed by atoms with van der Waals surface area (Å²) < 4.78 is 22.4. The van der Waals surface area contributed by atoms with Crippen molar-refractivity contribution in [3.63, 3.8) is 0 Å². The first-order valence-electron chi connectivity index (χ1n) is 8.74. The van der Waals surface area contributed by atoms with Crippen LogP contribution in [0.15, 0.2) is 9.59 Å². The van der Waals surface area contributed by atoms with Gasteiger partial charge in [0.1, 0.15) is 17.8 Å². The number of nitrogens with one attached hydrogen (secondary N) is 1. The third kappa shape index (κ3) is 2.76. The molecule has 2 aliphatic rings. The molecule has 27 heavy (non-hydrogen) atoms. The number of halogens is 2. The number of ether oxygens (including phenoxy) is 1. The molecular formula is C17H23ClFN5O3. The molecular weight excluding hydrogens is 377 g/mol. The number of hydrogen-bond donors (Lipinski definition) is 3. The number of anilines is 2. The molecule has 0 saturated carbocycles. The Bertz CT molecular complexity index is 1020. The van der Waals surface area contributed by atoms with E-state index < -0.39 is 17.1 Å². The van der Waals surface area contributed by atoms with E-state index in [-0.39, 0.29) is 65.0 Å². The van der Waals surface area contributed by atoms with Crippen molar-refractivity contribution >= 4 is 34.7 Å². The molecule has 2 aliphatic heterocycles. The Hall–Kier alpha value is -2.26. The van der Waals surface area contributed by atoms with Gasteiger partial charge in [0.15, 0.2) is 11.6 Å². The van der Waals surface area contributed by atoms with Gasteiger partial charge >= 0.3 is 5.69 Å². The van der Waals surface area contributed by atoms with E-state index in [0.717, 1.165) is 6.42 Å². The van der Waals surface area contributed by atoms with Crippen LogP contribution in [0.25, 0.3) is 10.9 Å². The van der Waals surface area contributed by atoms with E-state index in [1.165, 1.54) is 4.57 Å². The zero-order valence-corrected chi connectivity index (χ0v) is 15.9. The highest BCUT2D eigenvalue weighted by molar-refractivity contribution is 6.00. The van der Waals surface area contributed by atoms with Crippen molar-refractivity contribution in [3.8, 4) is 5.75 Å². The van der Waals surface area contributed by atoms with Gasteiger partial charge in [-0.05, 0) is 26.2 Å². The lowest BCUT2D eigenvalue weighted by Crippen LogP contribution is -2.38. The van der Waals surface area contributed by atoms with E-state index in [1.807, 2.05) is 11.8 Å². The molecule has 1 saturated heterocycles. The third-order valence-electron chi connectivity index (χ3n) is 5.48. The van der Waals surface area contributed by atoms with Crippen LogP contribution in [0.2, 0.25) is 0 Å². The smallest absolute Gasteiger partial charge is 0.329 e. The summed E-state index contributed by atoms with van der Waals surface area (Å²) in [4.78, 5) is 28.7. The summed E-state index contributed by atoms with van der Waals surface area (Å²) in [6, 6.07) is -0.318. The molecule has 4 rings (SSSR count). The number of benzene rings is 1. The molecule has 0 bridgehead atoms. The molecule has 8 nitrogen and oxygen atoms in total. The fraction of sp³-hybridized carbons (Fsp3) is 0.529. The van der Waals surface area contributed by atoms with Gasteiger partial charge in [0.25, 0.3) is 5.56 Å². The molecule has 2 aromatic rings. The van der Waals surface area contributed by atoms with E-state index in [2.05, 4.69) is 4.98 Å². The van der Waals surface area contributed by atoms with Crippen LogP contribution in [0.3, 0.4) is 0 Å². The van der Waals surface area contributed by atoms with Crippen LogP contribution in [-0.4, -0.2) is 35.3 Å². The van der Waals surface area contributed by atoms with Gasteiger partial charge in [0.2, 0.25) is 0 Å². The molecule has 3 atom stereocenters. The van der Waals surface area contributed by atoms with Crippen LogP contribution in [0.5, 0.6) is 5.75 Å². The van der Waals surface area contributed by atoms with Gasteiger partial charge in [-0.2, -0.15) is 0 Å². The molecule has 0 aliphatic carbocycles. The topological polar surface area (TPSA) is 119 Å². The van der Waals surface area contributed by atoms with Gasteiger partial charge in [0.05, 0.1) is 17.1 Å².